The largest absolute Gasteiger partial charge is 0.493 e. The van der Waals surface area contributed by atoms with Gasteiger partial charge in [-0.05, 0) is 62.3 Å². The van der Waals surface area contributed by atoms with Crippen LogP contribution in [0.15, 0.2) is 76.3 Å². The molecule has 166 valence electrons. The number of halogens is 1. The van der Waals surface area contributed by atoms with E-state index in [9.17, 15) is 4.79 Å². The summed E-state index contributed by atoms with van der Waals surface area (Å²) in [6.07, 6.45) is 1.57. The minimum Gasteiger partial charge on any atom is -0.493 e. The molecule has 32 heavy (non-hydrogen) atoms. The Morgan fingerprint density at radius 1 is 1.06 bits per heavy atom. The molecule has 0 saturated heterocycles. The topological polar surface area (TPSA) is 59.9 Å². The molecule has 3 rings (SSSR count). The fourth-order valence-electron chi connectivity index (χ4n) is 3.04. The molecule has 5 nitrogen and oxygen atoms in total. The van der Waals surface area contributed by atoms with Gasteiger partial charge in [-0.15, -0.1) is 0 Å². The van der Waals surface area contributed by atoms with Gasteiger partial charge in [0.1, 0.15) is 6.61 Å². The first-order valence-electron chi connectivity index (χ1n) is 10.3. The molecule has 3 aromatic rings. The van der Waals surface area contributed by atoms with Crippen LogP contribution < -0.4 is 14.9 Å². The maximum absolute atomic E-state index is 12.4. The number of ether oxygens (including phenoxy) is 2. The molecule has 0 aliphatic heterocycles. The zero-order valence-electron chi connectivity index (χ0n) is 18.7. The Morgan fingerprint density at radius 3 is 2.38 bits per heavy atom. The fraction of sp³-hybridized carbons (Fsp3) is 0.231. The number of benzene rings is 3. The summed E-state index contributed by atoms with van der Waals surface area (Å²) in [5.74, 6) is 0.910. The van der Waals surface area contributed by atoms with E-state index in [1.165, 1.54) is 5.56 Å². The minimum absolute atomic E-state index is 0.0383. The van der Waals surface area contributed by atoms with Crippen molar-refractivity contribution in [2.75, 3.05) is 7.11 Å². The molecule has 1 N–H and O–H groups in total. The summed E-state index contributed by atoms with van der Waals surface area (Å²) >= 11 is 3.54. The second kappa shape index (κ2) is 10.5. The molecular formula is C26H27BrN2O3. The van der Waals surface area contributed by atoms with Gasteiger partial charge in [-0.25, -0.2) is 5.43 Å². The molecule has 0 bridgehead atoms. The molecule has 0 saturated carbocycles. The lowest BCUT2D eigenvalue weighted by Crippen LogP contribution is -2.18. The summed E-state index contributed by atoms with van der Waals surface area (Å²) in [4.78, 5) is 12.4. The van der Waals surface area contributed by atoms with Crippen molar-refractivity contribution in [1.82, 2.24) is 5.43 Å². The van der Waals surface area contributed by atoms with Gasteiger partial charge < -0.3 is 9.47 Å². The van der Waals surface area contributed by atoms with E-state index in [0.29, 0.717) is 23.7 Å². The molecule has 1 amide bonds. The van der Waals surface area contributed by atoms with Crippen LogP contribution in [0.25, 0.3) is 0 Å². The Hall–Kier alpha value is -3.12. The van der Waals surface area contributed by atoms with Gasteiger partial charge in [0.15, 0.2) is 11.5 Å². The molecule has 0 aliphatic carbocycles. The number of amides is 1. The van der Waals surface area contributed by atoms with Crippen molar-refractivity contribution < 1.29 is 14.3 Å². The molecule has 0 aromatic heterocycles. The first-order chi connectivity index (χ1) is 15.3. The smallest absolute Gasteiger partial charge is 0.271 e. The van der Waals surface area contributed by atoms with Crippen LogP contribution in [0.5, 0.6) is 11.5 Å². The first-order valence-corrected chi connectivity index (χ1v) is 11.1. The van der Waals surface area contributed by atoms with Crippen molar-refractivity contribution in [3.63, 3.8) is 0 Å². The summed E-state index contributed by atoms with van der Waals surface area (Å²) < 4.78 is 12.2. The number of carbonyl (C=O) groups is 1. The Kier molecular flexibility index (Phi) is 7.70. The van der Waals surface area contributed by atoms with E-state index < -0.39 is 0 Å². The lowest BCUT2D eigenvalue weighted by atomic mass is 9.87. The summed E-state index contributed by atoms with van der Waals surface area (Å²) in [5.41, 5.74) is 6.14. The highest BCUT2D eigenvalue weighted by Crippen LogP contribution is 2.36. The average Bonchev–Trinajstić information content (AvgIpc) is 2.78. The Labute approximate surface area is 197 Å². The van der Waals surface area contributed by atoms with Crippen LogP contribution in [-0.4, -0.2) is 19.2 Å². The number of hydrogen-bond acceptors (Lipinski definition) is 4. The van der Waals surface area contributed by atoms with Crippen molar-refractivity contribution in [3.05, 3.63) is 93.5 Å². The third kappa shape index (κ3) is 6.20. The van der Waals surface area contributed by atoms with Crippen LogP contribution in [0.3, 0.4) is 0 Å². The van der Waals surface area contributed by atoms with Gasteiger partial charge in [0.25, 0.3) is 5.91 Å². The average molecular weight is 495 g/mol. The first kappa shape index (κ1) is 23.5. The second-order valence-corrected chi connectivity index (χ2v) is 9.19. The van der Waals surface area contributed by atoms with Crippen LogP contribution in [-0.2, 0) is 12.0 Å². The van der Waals surface area contributed by atoms with E-state index in [1.54, 1.807) is 19.4 Å². The Morgan fingerprint density at radius 2 is 1.75 bits per heavy atom. The van der Waals surface area contributed by atoms with Gasteiger partial charge in [-0.2, -0.15) is 5.10 Å². The van der Waals surface area contributed by atoms with E-state index in [4.69, 9.17) is 9.47 Å². The van der Waals surface area contributed by atoms with Crippen molar-refractivity contribution in [3.8, 4) is 11.5 Å². The van der Waals surface area contributed by atoms with E-state index in [1.807, 2.05) is 60.7 Å². The molecule has 0 fully saturated rings. The molecule has 3 aromatic carbocycles. The summed E-state index contributed by atoms with van der Waals surface area (Å²) in [6.45, 7) is 6.83. The van der Waals surface area contributed by atoms with Crippen molar-refractivity contribution >= 4 is 28.1 Å². The fourth-order valence-corrected chi connectivity index (χ4v) is 3.61. The van der Waals surface area contributed by atoms with Crippen LogP contribution >= 0.6 is 15.9 Å². The zero-order valence-corrected chi connectivity index (χ0v) is 20.3. The third-order valence-corrected chi connectivity index (χ3v) is 5.46. The Bertz CT molecular complexity index is 1090. The maximum atomic E-state index is 12.4. The van der Waals surface area contributed by atoms with Crippen molar-refractivity contribution in [1.29, 1.82) is 0 Å². The Balaban J connectivity index is 1.66. The molecule has 0 heterocycles. The van der Waals surface area contributed by atoms with Gasteiger partial charge in [0.05, 0.1) is 17.8 Å². The summed E-state index contributed by atoms with van der Waals surface area (Å²) in [6, 6.07) is 21.1. The molecule has 0 unspecified atom stereocenters. The number of hydrazone groups is 1. The standard InChI is InChI=1S/C26H27BrN2O3/c1-26(2,3)21-12-10-20(11-13-21)25(30)29-28-16-19-14-22(27)24(23(15-19)31-4)32-17-18-8-6-5-7-9-18/h5-16H,17H2,1-4H3,(H,29,30)/b28-16-. The quantitative estimate of drug-likeness (QED) is 0.318. The van der Waals surface area contributed by atoms with E-state index in [2.05, 4.69) is 47.2 Å². The van der Waals surface area contributed by atoms with E-state index in [0.717, 1.165) is 15.6 Å². The van der Waals surface area contributed by atoms with Crippen LogP contribution in [0, 0.1) is 0 Å². The number of carbonyl (C=O) groups excluding carboxylic acids is 1. The molecular weight excluding hydrogens is 468 g/mol. The third-order valence-electron chi connectivity index (χ3n) is 4.87. The molecule has 0 aliphatic rings. The van der Waals surface area contributed by atoms with Gasteiger partial charge in [-0.3, -0.25) is 4.79 Å². The highest BCUT2D eigenvalue weighted by atomic mass is 79.9. The minimum atomic E-state index is -0.268. The lowest BCUT2D eigenvalue weighted by Gasteiger charge is -2.18. The molecule has 0 spiro atoms. The van der Waals surface area contributed by atoms with E-state index >= 15 is 0 Å². The number of hydrogen-bond donors (Lipinski definition) is 1. The van der Waals surface area contributed by atoms with Crippen LogP contribution in [0.2, 0.25) is 0 Å². The maximum Gasteiger partial charge on any atom is 0.271 e. The monoisotopic (exact) mass is 494 g/mol. The van der Waals surface area contributed by atoms with Crippen LogP contribution in [0.4, 0.5) is 0 Å². The van der Waals surface area contributed by atoms with Gasteiger partial charge in [0.2, 0.25) is 0 Å². The van der Waals surface area contributed by atoms with Crippen molar-refractivity contribution in [2.24, 2.45) is 5.10 Å². The van der Waals surface area contributed by atoms with Gasteiger partial charge >= 0.3 is 0 Å². The number of nitrogens with zero attached hydrogens (tertiary/aromatic N) is 1. The summed E-state index contributed by atoms with van der Waals surface area (Å²) in [7, 11) is 1.58. The highest BCUT2D eigenvalue weighted by Gasteiger charge is 2.14. The normalized spacial score (nSPS) is 11.4. The summed E-state index contributed by atoms with van der Waals surface area (Å²) in [5, 5.41) is 4.09. The second-order valence-electron chi connectivity index (χ2n) is 8.33. The number of rotatable bonds is 7. The van der Waals surface area contributed by atoms with Gasteiger partial charge in [-0.1, -0.05) is 63.2 Å². The predicted octanol–water partition coefficient (Wildman–Crippen LogP) is 6.10. The van der Waals surface area contributed by atoms with E-state index in [-0.39, 0.29) is 11.3 Å². The predicted molar refractivity (Wildman–Crippen MR) is 132 cm³/mol. The number of methoxy groups -OCH3 is 1. The van der Waals surface area contributed by atoms with Crippen LogP contribution in [0.1, 0.15) is 47.8 Å². The van der Waals surface area contributed by atoms with Crippen molar-refractivity contribution in [2.45, 2.75) is 32.8 Å². The lowest BCUT2D eigenvalue weighted by molar-refractivity contribution is 0.0955. The highest BCUT2D eigenvalue weighted by molar-refractivity contribution is 9.10. The zero-order chi connectivity index (χ0) is 23.1. The molecule has 0 atom stereocenters. The SMILES string of the molecule is COc1cc(/C=N\NC(=O)c2ccc(C(C)(C)C)cc2)cc(Br)c1OCc1ccccc1. The molecule has 6 heteroatoms. The molecule has 0 radical (unpaired) electrons. The van der Waals surface area contributed by atoms with Gasteiger partial charge in [0, 0.05) is 5.56 Å². The number of nitrogens with one attached hydrogen (secondary N) is 1.